The van der Waals surface area contributed by atoms with Gasteiger partial charge in [0.15, 0.2) is 0 Å². The maximum atomic E-state index is 4.19. The van der Waals surface area contributed by atoms with Crippen LogP contribution in [0.3, 0.4) is 0 Å². The highest BCUT2D eigenvalue weighted by molar-refractivity contribution is 8.00. The Hall–Kier alpha value is -0.330. The Labute approximate surface area is 105 Å². The van der Waals surface area contributed by atoms with Crippen molar-refractivity contribution in [3.05, 3.63) is 5.01 Å². The summed E-state index contributed by atoms with van der Waals surface area (Å²) in [6, 6.07) is 0. The van der Waals surface area contributed by atoms with Gasteiger partial charge in [-0.25, -0.2) is 0 Å². The van der Waals surface area contributed by atoms with Crippen LogP contribution in [0.15, 0.2) is 0 Å². The Morgan fingerprint density at radius 3 is 2.88 bits per heavy atom. The molecule has 0 aromatic carbocycles. The van der Waals surface area contributed by atoms with Crippen molar-refractivity contribution >= 4 is 28.2 Å². The summed E-state index contributed by atoms with van der Waals surface area (Å²) in [5, 5.41) is 13.3. The monoisotopic (exact) mass is 258 g/mol. The van der Waals surface area contributed by atoms with Crippen molar-refractivity contribution in [2.24, 2.45) is 0 Å². The SMILES string of the molecule is CNc1nnc(CN2CCSC(C)(C)C2)s1. The summed E-state index contributed by atoms with van der Waals surface area (Å²) in [5.74, 6) is 1.21. The molecule has 1 aromatic rings. The van der Waals surface area contributed by atoms with Gasteiger partial charge in [0, 0.05) is 30.6 Å². The average Bonchev–Trinajstić information content (AvgIpc) is 2.64. The molecule has 0 bridgehead atoms. The summed E-state index contributed by atoms with van der Waals surface area (Å²) in [6.07, 6.45) is 0. The van der Waals surface area contributed by atoms with Gasteiger partial charge in [-0.2, -0.15) is 11.8 Å². The van der Waals surface area contributed by atoms with Gasteiger partial charge in [-0.05, 0) is 13.8 Å². The largest absolute Gasteiger partial charge is 0.363 e. The van der Waals surface area contributed by atoms with E-state index in [1.165, 1.54) is 5.75 Å². The van der Waals surface area contributed by atoms with Gasteiger partial charge in [0.25, 0.3) is 0 Å². The van der Waals surface area contributed by atoms with Crippen LogP contribution < -0.4 is 5.32 Å². The third-order valence-electron chi connectivity index (χ3n) is 2.54. The van der Waals surface area contributed by atoms with Crippen molar-refractivity contribution in [3.8, 4) is 0 Å². The Bertz CT molecular complexity index is 350. The normalized spacial score (nSPS) is 20.9. The Morgan fingerprint density at radius 1 is 1.44 bits per heavy atom. The second-order valence-corrected chi connectivity index (χ2v) is 7.43. The van der Waals surface area contributed by atoms with Crippen LogP contribution in [0.4, 0.5) is 5.13 Å². The lowest BCUT2D eigenvalue weighted by molar-refractivity contribution is 0.251. The minimum absolute atomic E-state index is 0.370. The van der Waals surface area contributed by atoms with E-state index < -0.39 is 0 Å². The second kappa shape index (κ2) is 4.89. The number of hydrogen-bond donors (Lipinski definition) is 1. The highest BCUT2D eigenvalue weighted by Crippen LogP contribution is 2.30. The topological polar surface area (TPSA) is 41.1 Å². The standard InChI is InChI=1S/C10H18N4S2/c1-10(2)7-14(4-5-15-10)6-8-12-13-9(11-3)16-8/h4-7H2,1-3H3,(H,11,13). The molecule has 0 saturated carbocycles. The number of nitrogens with one attached hydrogen (secondary N) is 1. The van der Waals surface area contributed by atoms with Crippen LogP contribution in [0.1, 0.15) is 18.9 Å². The summed E-state index contributed by atoms with van der Waals surface area (Å²) < 4.78 is 0.370. The molecular weight excluding hydrogens is 240 g/mol. The van der Waals surface area contributed by atoms with E-state index in [4.69, 9.17) is 0 Å². The molecule has 90 valence electrons. The van der Waals surface area contributed by atoms with Crippen molar-refractivity contribution in [1.82, 2.24) is 15.1 Å². The van der Waals surface area contributed by atoms with E-state index >= 15 is 0 Å². The molecular formula is C10H18N4S2. The molecule has 0 aliphatic carbocycles. The van der Waals surface area contributed by atoms with Crippen molar-refractivity contribution in [2.75, 3.05) is 31.2 Å². The molecule has 1 fully saturated rings. The first kappa shape index (κ1) is 12.1. The van der Waals surface area contributed by atoms with Gasteiger partial charge in [-0.1, -0.05) is 11.3 Å². The first-order valence-electron chi connectivity index (χ1n) is 5.45. The zero-order valence-electron chi connectivity index (χ0n) is 9.99. The van der Waals surface area contributed by atoms with E-state index in [-0.39, 0.29) is 0 Å². The van der Waals surface area contributed by atoms with Crippen molar-refractivity contribution < 1.29 is 0 Å². The van der Waals surface area contributed by atoms with Gasteiger partial charge in [0.05, 0.1) is 6.54 Å². The molecule has 2 rings (SSSR count). The zero-order chi connectivity index (χ0) is 11.6. The molecule has 6 heteroatoms. The first-order valence-corrected chi connectivity index (χ1v) is 7.26. The van der Waals surface area contributed by atoms with Gasteiger partial charge >= 0.3 is 0 Å². The fourth-order valence-electron chi connectivity index (χ4n) is 1.86. The molecule has 0 atom stereocenters. The molecule has 4 nitrogen and oxygen atoms in total. The third-order valence-corrected chi connectivity index (χ3v) is 4.77. The second-order valence-electron chi connectivity index (χ2n) is 4.57. The summed E-state index contributed by atoms with van der Waals surface area (Å²) >= 11 is 3.70. The summed E-state index contributed by atoms with van der Waals surface area (Å²) in [4.78, 5) is 2.47. The predicted molar refractivity (Wildman–Crippen MR) is 71.3 cm³/mol. The van der Waals surface area contributed by atoms with Crippen LogP contribution in [-0.2, 0) is 6.54 Å². The van der Waals surface area contributed by atoms with Crippen molar-refractivity contribution in [3.63, 3.8) is 0 Å². The number of thioether (sulfide) groups is 1. The average molecular weight is 258 g/mol. The van der Waals surface area contributed by atoms with Gasteiger partial charge in [-0.3, -0.25) is 4.90 Å². The molecule has 1 saturated heterocycles. The summed E-state index contributed by atoms with van der Waals surface area (Å²) in [6.45, 7) is 7.84. The minimum Gasteiger partial charge on any atom is -0.363 e. The molecule has 0 unspecified atom stereocenters. The highest BCUT2D eigenvalue weighted by Gasteiger charge is 2.27. The fourth-order valence-corrected chi connectivity index (χ4v) is 3.77. The van der Waals surface area contributed by atoms with Gasteiger partial charge in [0.2, 0.25) is 5.13 Å². The van der Waals surface area contributed by atoms with Crippen LogP contribution in [0.2, 0.25) is 0 Å². The summed E-state index contributed by atoms with van der Waals surface area (Å²) in [5.41, 5.74) is 0. The maximum absolute atomic E-state index is 4.19. The molecule has 2 heterocycles. The molecule has 0 amide bonds. The number of anilines is 1. The van der Waals surface area contributed by atoms with Crippen LogP contribution in [0.5, 0.6) is 0 Å². The van der Waals surface area contributed by atoms with E-state index in [9.17, 15) is 0 Å². The van der Waals surface area contributed by atoms with Crippen LogP contribution in [0.25, 0.3) is 0 Å². The molecule has 1 aliphatic rings. The van der Waals surface area contributed by atoms with Crippen LogP contribution in [-0.4, -0.2) is 45.7 Å². The minimum atomic E-state index is 0.370. The van der Waals surface area contributed by atoms with Gasteiger partial charge in [-0.15, -0.1) is 10.2 Å². The molecule has 1 aromatic heterocycles. The molecule has 0 radical (unpaired) electrons. The van der Waals surface area contributed by atoms with Crippen molar-refractivity contribution in [1.29, 1.82) is 0 Å². The highest BCUT2D eigenvalue weighted by atomic mass is 32.2. The van der Waals surface area contributed by atoms with E-state index in [0.29, 0.717) is 4.75 Å². The number of hydrogen-bond acceptors (Lipinski definition) is 6. The van der Waals surface area contributed by atoms with E-state index in [2.05, 4.69) is 46.0 Å². The molecule has 1 aliphatic heterocycles. The quantitative estimate of drug-likeness (QED) is 0.897. The van der Waals surface area contributed by atoms with Crippen molar-refractivity contribution in [2.45, 2.75) is 25.1 Å². The van der Waals surface area contributed by atoms with Crippen LogP contribution >= 0.6 is 23.1 Å². The lowest BCUT2D eigenvalue weighted by Gasteiger charge is -2.36. The van der Waals surface area contributed by atoms with Crippen LogP contribution in [0, 0.1) is 0 Å². The number of rotatable bonds is 3. The number of aromatic nitrogens is 2. The Balaban J connectivity index is 1.94. The smallest absolute Gasteiger partial charge is 0.205 e. The molecule has 1 N–H and O–H groups in total. The molecule has 16 heavy (non-hydrogen) atoms. The lowest BCUT2D eigenvalue weighted by atomic mass is 10.2. The summed E-state index contributed by atoms with van der Waals surface area (Å²) in [7, 11) is 1.88. The Kier molecular flexibility index (Phi) is 3.71. The van der Waals surface area contributed by atoms with Gasteiger partial charge in [0.1, 0.15) is 5.01 Å². The maximum Gasteiger partial charge on any atom is 0.205 e. The predicted octanol–water partition coefficient (Wildman–Crippen LogP) is 1.91. The first-order chi connectivity index (χ1) is 7.59. The number of nitrogens with zero attached hydrogens (tertiary/aromatic N) is 3. The van der Waals surface area contributed by atoms with E-state index in [1.54, 1.807) is 11.3 Å². The van der Waals surface area contributed by atoms with E-state index in [0.717, 1.165) is 29.8 Å². The fraction of sp³-hybridized carbons (Fsp3) is 0.800. The molecule has 0 spiro atoms. The third kappa shape index (κ3) is 3.09. The lowest BCUT2D eigenvalue weighted by Crippen LogP contribution is -2.42. The Morgan fingerprint density at radius 2 is 2.25 bits per heavy atom. The van der Waals surface area contributed by atoms with E-state index in [1.807, 2.05) is 7.05 Å². The van der Waals surface area contributed by atoms with Gasteiger partial charge < -0.3 is 5.32 Å². The zero-order valence-corrected chi connectivity index (χ0v) is 11.6.